The van der Waals surface area contributed by atoms with Gasteiger partial charge in [0.1, 0.15) is 6.61 Å². The molecule has 0 saturated heterocycles. The van der Waals surface area contributed by atoms with Crippen molar-refractivity contribution in [3.63, 3.8) is 0 Å². The highest BCUT2D eigenvalue weighted by atomic mass is 16.6. The lowest BCUT2D eigenvalue weighted by Gasteiger charge is -2.28. The number of benzene rings is 1. The number of nitro benzene ring substituents is 1. The normalized spacial score (nSPS) is 16.1. The minimum absolute atomic E-state index is 0.0775. The first kappa shape index (κ1) is 19.9. The van der Waals surface area contributed by atoms with Gasteiger partial charge in [-0.2, -0.15) is 0 Å². The van der Waals surface area contributed by atoms with Crippen molar-refractivity contribution in [1.82, 2.24) is 5.32 Å². The van der Waals surface area contributed by atoms with Crippen LogP contribution in [0.15, 0.2) is 24.3 Å². The van der Waals surface area contributed by atoms with Crippen LogP contribution in [0.25, 0.3) is 0 Å². The third-order valence-corrected chi connectivity index (χ3v) is 4.55. The number of hydrogen-bond acceptors (Lipinski definition) is 5. The molecule has 0 radical (unpaired) electrons. The summed E-state index contributed by atoms with van der Waals surface area (Å²) in [6.07, 6.45) is 3.01. The van der Waals surface area contributed by atoms with Gasteiger partial charge < -0.3 is 10.1 Å². The summed E-state index contributed by atoms with van der Waals surface area (Å²) in [6, 6.07) is 6.18. The second-order valence-corrected chi connectivity index (χ2v) is 7.92. The molecule has 0 heterocycles. The van der Waals surface area contributed by atoms with Crippen LogP contribution in [0, 0.1) is 15.5 Å². The number of para-hydroxylation sites is 1. The van der Waals surface area contributed by atoms with Crippen molar-refractivity contribution < 1.29 is 19.2 Å². The molecule has 1 aromatic rings. The monoisotopic (exact) mass is 362 g/mol. The molecule has 1 fully saturated rings. The number of nitrogens with zero attached hydrogens (tertiary/aromatic N) is 1. The van der Waals surface area contributed by atoms with Gasteiger partial charge in [0, 0.05) is 18.0 Å². The van der Waals surface area contributed by atoms with Crippen LogP contribution < -0.4 is 5.32 Å². The quantitative estimate of drug-likeness (QED) is 0.474. The fourth-order valence-corrected chi connectivity index (χ4v) is 3.38. The van der Waals surface area contributed by atoms with E-state index in [2.05, 4.69) is 5.32 Å². The maximum Gasteiger partial charge on any atom is 0.312 e. The molecular formula is C19H26N2O5. The molecule has 1 N–H and O–H groups in total. The average Bonchev–Trinajstić information content (AvgIpc) is 3.00. The molecule has 0 atom stereocenters. The molecule has 0 spiro atoms. The molecule has 142 valence electrons. The van der Waals surface area contributed by atoms with Crippen LogP contribution in [0.4, 0.5) is 5.69 Å². The fraction of sp³-hybridized carbons (Fsp3) is 0.579. The molecule has 7 heteroatoms. The Morgan fingerprint density at radius 3 is 2.42 bits per heavy atom. The van der Waals surface area contributed by atoms with Gasteiger partial charge in [-0.3, -0.25) is 19.7 Å². The van der Waals surface area contributed by atoms with E-state index in [1.54, 1.807) is 18.2 Å². The summed E-state index contributed by atoms with van der Waals surface area (Å²) in [5.41, 5.74) is -0.936. The third kappa shape index (κ3) is 5.03. The van der Waals surface area contributed by atoms with E-state index in [4.69, 9.17) is 4.74 Å². The van der Waals surface area contributed by atoms with Gasteiger partial charge in [0.25, 0.3) is 5.69 Å². The SMILES string of the molecule is CC(C)(C)NC(=O)CC1(C(=O)OCc2ccccc2[N+](=O)[O-])CCCC1. The topological polar surface area (TPSA) is 98.5 Å². The highest BCUT2D eigenvalue weighted by Crippen LogP contribution is 2.42. The number of amides is 1. The first-order valence-corrected chi connectivity index (χ1v) is 8.83. The summed E-state index contributed by atoms with van der Waals surface area (Å²) in [5, 5.41) is 14.0. The van der Waals surface area contributed by atoms with E-state index in [0.29, 0.717) is 18.4 Å². The predicted molar refractivity (Wildman–Crippen MR) is 96.3 cm³/mol. The molecule has 7 nitrogen and oxygen atoms in total. The number of carbonyl (C=O) groups is 2. The number of esters is 1. The highest BCUT2D eigenvalue weighted by molar-refractivity contribution is 5.86. The highest BCUT2D eigenvalue weighted by Gasteiger charge is 2.44. The first-order valence-electron chi connectivity index (χ1n) is 8.83. The summed E-state index contributed by atoms with van der Waals surface area (Å²) in [7, 11) is 0. The van der Waals surface area contributed by atoms with Crippen molar-refractivity contribution in [3.8, 4) is 0 Å². The lowest BCUT2D eigenvalue weighted by atomic mass is 9.82. The first-order chi connectivity index (χ1) is 12.1. The standard InChI is InChI=1S/C19H26N2O5/c1-18(2,3)20-16(22)12-19(10-6-7-11-19)17(23)26-13-14-8-4-5-9-15(14)21(24)25/h4-5,8-9H,6-7,10-13H2,1-3H3,(H,20,22). The Bertz CT molecular complexity index is 687. The Labute approximate surface area is 153 Å². The van der Waals surface area contributed by atoms with Crippen LogP contribution in [0.1, 0.15) is 58.4 Å². The minimum atomic E-state index is -0.834. The van der Waals surface area contributed by atoms with Crippen molar-refractivity contribution in [2.75, 3.05) is 0 Å². The molecule has 2 rings (SSSR count). The Balaban J connectivity index is 2.07. The van der Waals surface area contributed by atoms with Gasteiger partial charge in [0.05, 0.1) is 15.9 Å². The number of nitrogens with one attached hydrogen (secondary N) is 1. The second kappa shape index (κ2) is 7.85. The fourth-order valence-electron chi connectivity index (χ4n) is 3.38. The molecule has 26 heavy (non-hydrogen) atoms. The van der Waals surface area contributed by atoms with Crippen molar-refractivity contribution in [3.05, 3.63) is 39.9 Å². The van der Waals surface area contributed by atoms with Crippen molar-refractivity contribution in [1.29, 1.82) is 0 Å². The predicted octanol–water partition coefficient (Wildman–Crippen LogP) is 3.50. The van der Waals surface area contributed by atoms with Gasteiger partial charge in [-0.05, 0) is 39.7 Å². The Hall–Kier alpha value is -2.44. The summed E-state index contributed by atoms with van der Waals surface area (Å²) in [4.78, 5) is 35.7. The van der Waals surface area contributed by atoms with Gasteiger partial charge in [0.2, 0.25) is 5.91 Å². The zero-order chi connectivity index (χ0) is 19.4. The molecule has 0 aliphatic heterocycles. The number of carbonyl (C=O) groups excluding carboxylic acids is 2. The van der Waals surface area contributed by atoms with E-state index in [0.717, 1.165) is 12.8 Å². The minimum Gasteiger partial charge on any atom is -0.460 e. The number of rotatable bonds is 6. The van der Waals surface area contributed by atoms with Crippen LogP contribution in [-0.2, 0) is 20.9 Å². The Kier molecular flexibility index (Phi) is 6.00. The Morgan fingerprint density at radius 1 is 1.23 bits per heavy atom. The van der Waals surface area contributed by atoms with Gasteiger partial charge in [0.15, 0.2) is 0 Å². The van der Waals surface area contributed by atoms with E-state index >= 15 is 0 Å². The summed E-state index contributed by atoms with van der Waals surface area (Å²) >= 11 is 0. The van der Waals surface area contributed by atoms with Crippen LogP contribution in [-0.4, -0.2) is 22.3 Å². The average molecular weight is 362 g/mol. The number of hydrogen-bond donors (Lipinski definition) is 1. The van der Waals surface area contributed by atoms with E-state index < -0.39 is 16.3 Å². The van der Waals surface area contributed by atoms with E-state index in [9.17, 15) is 19.7 Å². The second-order valence-electron chi connectivity index (χ2n) is 7.92. The van der Waals surface area contributed by atoms with E-state index in [-0.39, 0.29) is 30.2 Å². The molecule has 1 aromatic carbocycles. The zero-order valence-corrected chi connectivity index (χ0v) is 15.5. The van der Waals surface area contributed by atoms with Crippen molar-refractivity contribution in [2.24, 2.45) is 5.41 Å². The van der Waals surface area contributed by atoms with Crippen LogP contribution in [0.2, 0.25) is 0 Å². The van der Waals surface area contributed by atoms with Crippen molar-refractivity contribution >= 4 is 17.6 Å². The molecule has 0 unspecified atom stereocenters. The van der Waals surface area contributed by atoms with E-state index in [1.165, 1.54) is 6.07 Å². The van der Waals surface area contributed by atoms with Crippen LogP contribution in [0.3, 0.4) is 0 Å². The third-order valence-electron chi connectivity index (χ3n) is 4.55. The largest absolute Gasteiger partial charge is 0.460 e. The van der Waals surface area contributed by atoms with Crippen LogP contribution in [0.5, 0.6) is 0 Å². The lowest BCUT2D eigenvalue weighted by Crippen LogP contribution is -2.44. The molecule has 1 aliphatic carbocycles. The number of nitro groups is 1. The smallest absolute Gasteiger partial charge is 0.312 e. The molecule has 0 aromatic heterocycles. The maximum absolute atomic E-state index is 12.8. The zero-order valence-electron chi connectivity index (χ0n) is 15.5. The van der Waals surface area contributed by atoms with Gasteiger partial charge in [-0.1, -0.05) is 25.0 Å². The molecule has 1 aliphatic rings. The summed E-state index contributed by atoms with van der Waals surface area (Å²) < 4.78 is 5.41. The van der Waals surface area contributed by atoms with Gasteiger partial charge >= 0.3 is 5.97 Å². The summed E-state index contributed by atoms with van der Waals surface area (Å²) in [5.74, 6) is -0.626. The lowest BCUT2D eigenvalue weighted by molar-refractivity contribution is -0.385. The molecule has 1 amide bonds. The van der Waals surface area contributed by atoms with Gasteiger partial charge in [-0.25, -0.2) is 0 Å². The molecule has 1 saturated carbocycles. The van der Waals surface area contributed by atoms with Crippen molar-refractivity contribution in [2.45, 2.75) is 65.0 Å². The molecular weight excluding hydrogens is 336 g/mol. The van der Waals surface area contributed by atoms with Gasteiger partial charge in [-0.15, -0.1) is 0 Å². The number of ether oxygens (including phenoxy) is 1. The summed E-state index contributed by atoms with van der Waals surface area (Å²) in [6.45, 7) is 5.50. The molecule has 0 bridgehead atoms. The van der Waals surface area contributed by atoms with Crippen LogP contribution >= 0.6 is 0 Å². The maximum atomic E-state index is 12.8. The Morgan fingerprint density at radius 2 is 1.85 bits per heavy atom. The van der Waals surface area contributed by atoms with E-state index in [1.807, 2.05) is 20.8 Å².